The van der Waals surface area contributed by atoms with E-state index < -0.39 is 216 Å². The van der Waals surface area contributed by atoms with E-state index >= 15 is 0 Å². The molecule has 0 aromatic carbocycles. The molecular weight excluding hydrogens is 1080 g/mol. The van der Waals surface area contributed by atoms with Gasteiger partial charge in [-0.2, -0.15) is 0 Å². The standard InChI is InChI=1S/C50H88O30/c1-6-12-23(14-11-9-7-8-10-13-22(52)15-26(53)54)74-49-43(80-50-44(34(62)30(58)24(16-51)75-50)79-47-38(66)33(61)28(56)19(3)71-47)35(63)31(59)25(76-49)17-69-45-39(67)36(64)41(21(5)73-45)77-48-40(68)42(29(57)20(4)72-48)78-46-37(65)32(60)27(55)18(2)70-46/h18-25,27-52,55-68H,6-17H2,1-5H3,(H,53,54). The minimum absolute atomic E-state index is 0.327. The van der Waals surface area contributed by atoms with Gasteiger partial charge in [-0.3, -0.25) is 4.79 Å². The van der Waals surface area contributed by atoms with Gasteiger partial charge in [-0.25, -0.2) is 0 Å². The number of carboxylic acids is 1. The Kier molecular flexibility index (Phi) is 25.8. The summed E-state index contributed by atoms with van der Waals surface area (Å²) in [6.45, 7) is 5.98. The molecule has 6 heterocycles. The summed E-state index contributed by atoms with van der Waals surface area (Å²) in [7, 11) is 0. The van der Waals surface area contributed by atoms with E-state index in [-0.39, 0.29) is 6.42 Å². The lowest BCUT2D eigenvalue weighted by molar-refractivity contribution is -0.397. The van der Waals surface area contributed by atoms with Crippen molar-refractivity contribution < 1.29 is 148 Å². The molecular formula is C50H88O30. The van der Waals surface area contributed by atoms with Gasteiger partial charge in [0, 0.05) is 0 Å². The Morgan fingerprint density at radius 2 is 0.863 bits per heavy atom. The molecule has 30 nitrogen and oxygen atoms in total. The fraction of sp³-hybridized carbons (Fsp3) is 0.980. The van der Waals surface area contributed by atoms with Crippen molar-refractivity contribution in [3.05, 3.63) is 0 Å². The smallest absolute Gasteiger partial charge is 0.305 e. The van der Waals surface area contributed by atoms with E-state index in [1.54, 1.807) is 0 Å². The maximum Gasteiger partial charge on any atom is 0.305 e. The number of hydrogen-bond donors (Lipinski definition) is 17. The van der Waals surface area contributed by atoms with Gasteiger partial charge in [-0.15, -0.1) is 0 Å². The summed E-state index contributed by atoms with van der Waals surface area (Å²) in [5, 5.41) is 183. The fourth-order valence-corrected chi connectivity index (χ4v) is 10.6. The Bertz CT molecular complexity index is 1830. The Morgan fingerprint density at radius 3 is 1.43 bits per heavy atom. The zero-order chi connectivity index (χ0) is 59.0. The molecule has 6 aliphatic rings. The fourth-order valence-electron chi connectivity index (χ4n) is 10.6. The van der Waals surface area contributed by atoms with Gasteiger partial charge in [-0.1, -0.05) is 45.4 Å². The summed E-state index contributed by atoms with van der Waals surface area (Å²) in [6.07, 6.45) is -46.0. The van der Waals surface area contributed by atoms with Crippen LogP contribution in [-0.4, -0.2) is 302 Å². The van der Waals surface area contributed by atoms with Gasteiger partial charge in [0.15, 0.2) is 37.7 Å². The monoisotopic (exact) mass is 1170 g/mol. The van der Waals surface area contributed by atoms with Gasteiger partial charge in [0.1, 0.15) is 122 Å². The van der Waals surface area contributed by atoms with Crippen molar-refractivity contribution in [3.8, 4) is 0 Å². The van der Waals surface area contributed by atoms with Crippen molar-refractivity contribution in [1.82, 2.24) is 0 Å². The van der Waals surface area contributed by atoms with Crippen molar-refractivity contribution >= 4 is 5.97 Å². The average Bonchev–Trinajstić information content (AvgIpc) is 3.42. The summed E-state index contributed by atoms with van der Waals surface area (Å²) in [5.41, 5.74) is 0. The van der Waals surface area contributed by atoms with Crippen LogP contribution in [-0.2, 0) is 61.6 Å². The molecule has 6 fully saturated rings. The molecule has 32 unspecified atom stereocenters. The zero-order valence-corrected chi connectivity index (χ0v) is 45.4. The zero-order valence-electron chi connectivity index (χ0n) is 45.4. The molecule has 0 aromatic heterocycles. The number of hydrogen-bond acceptors (Lipinski definition) is 29. The minimum Gasteiger partial charge on any atom is -0.481 e. The molecule has 0 radical (unpaired) electrons. The molecule has 0 bridgehead atoms. The van der Waals surface area contributed by atoms with Crippen molar-refractivity contribution in [1.29, 1.82) is 0 Å². The summed E-state index contributed by atoms with van der Waals surface area (Å²) in [4.78, 5) is 10.9. The molecule has 17 N–H and O–H groups in total. The summed E-state index contributed by atoms with van der Waals surface area (Å²) >= 11 is 0. The number of unbranched alkanes of at least 4 members (excludes halogenated alkanes) is 4. The third kappa shape index (κ3) is 16.4. The van der Waals surface area contributed by atoms with Crippen LogP contribution in [0.5, 0.6) is 0 Å². The molecule has 0 saturated carbocycles. The first-order chi connectivity index (χ1) is 37.8. The molecule has 6 saturated heterocycles. The second kappa shape index (κ2) is 30.6. The minimum atomic E-state index is -1.97. The highest BCUT2D eigenvalue weighted by molar-refractivity contribution is 5.67. The quantitative estimate of drug-likeness (QED) is 0.0358. The van der Waals surface area contributed by atoms with Crippen LogP contribution in [0, 0.1) is 0 Å². The normalized spacial score (nSPS) is 47.4. The van der Waals surface area contributed by atoms with Gasteiger partial charge in [0.05, 0.1) is 56.3 Å². The number of aliphatic hydroxyl groups is 16. The highest BCUT2D eigenvalue weighted by Gasteiger charge is 2.56. The third-order valence-corrected chi connectivity index (χ3v) is 15.6. The Balaban J connectivity index is 1.15. The lowest BCUT2D eigenvalue weighted by Gasteiger charge is -2.49. The van der Waals surface area contributed by atoms with Gasteiger partial charge in [-0.05, 0) is 47.0 Å². The van der Waals surface area contributed by atoms with Gasteiger partial charge in [0.25, 0.3) is 0 Å². The number of rotatable bonds is 26. The first-order valence-corrected chi connectivity index (χ1v) is 27.6. The third-order valence-electron chi connectivity index (χ3n) is 15.6. The van der Waals surface area contributed by atoms with Crippen LogP contribution >= 0.6 is 0 Å². The Morgan fingerprint density at radius 1 is 0.425 bits per heavy atom. The van der Waals surface area contributed by atoms with Crippen LogP contribution in [0.1, 0.15) is 98.8 Å². The van der Waals surface area contributed by atoms with E-state index in [4.69, 9.17) is 61.9 Å². The maximum atomic E-state index is 11.9. The van der Waals surface area contributed by atoms with Gasteiger partial charge < -0.3 is 144 Å². The largest absolute Gasteiger partial charge is 0.481 e. The Hall–Kier alpha value is -1.65. The molecule has 468 valence electrons. The van der Waals surface area contributed by atoms with Crippen molar-refractivity contribution in [3.63, 3.8) is 0 Å². The maximum absolute atomic E-state index is 11.9. The SMILES string of the molecule is CCCC(CCCCCCCC(O)CC(=O)O)OC1OC(COC2OC(C)C(OC3OC(C)C(O)C(OC4OC(C)C(O)C(O)C4O)C3O)C(O)C2O)C(O)C(O)C1OC1OC(CO)C(O)C(O)C1OC1OC(C)C(O)C(O)C1O. The molecule has 80 heavy (non-hydrogen) atoms. The van der Waals surface area contributed by atoms with Crippen molar-refractivity contribution in [2.24, 2.45) is 0 Å². The van der Waals surface area contributed by atoms with E-state index in [1.165, 1.54) is 27.7 Å². The van der Waals surface area contributed by atoms with Crippen molar-refractivity contribution in [2.45, 2.75) is 295 Å². The topological polar surface area (TPSA) is 472 Å². The molecule has 0 amide bonds. The van der Waals surface area contributed by atoms with Crippen LogP contribution in [0.4, 0.5) is 0 Å². The molecule has 0 aromatic rings. The number of ether oxygens (including phenoxy) is 12. The summed E-state index contributed by atoms with van der Waals surface area (Å²) in [5.74, 6) is -1.09. The van der Waals surface area contributed by atoms with Gasteiger partial charge in [0.2, 0.25) is 0 Å². The second-order valence-corrected chi connectivity index (χ2v) is 21.9. The molecule has 0 aliphatic carbocycles. The number of carboxylic acid groups (broad SMARTS) is 1. The van der Waals surface area contributed by atoms with Crippen LogP contribution in [0.25, 0.3) is 0 Å². The van der Waals surface area contributed by atoms with Crippen LogP contribution < -0.4 is 0 Å². The number of aliphatic carboxylic acids is 1. The number of aliphatic hydroxyl groups excluding tert-OH is 16. The van der Waals surface area contributed by atoms with E-state index in [0.717, 1.165) is 12.8 Å². The van der Waals surface area contributed by atoms with E-state index in [9.17, 15) is 86.5 Å². The molecule has 6 rings (SSSR count). The van der Waals surface area contributed by atoms with Crippen LogP contribution in [0.15, 0.2) is 0 Å². The molecule has 32 atom stereocenters. The highest BCUT2D eigenvalue weighted by atomic mass is 16.8. The first kappa shape index (κ1) is 67.5. The second-order valence-electron chi connectivity index (χ2n) is 21.9. The molecule has 0 spiro atoms. The van der Waals surface area contributed by atoms with Crippen molar-refractivity contribution in [2.75, 3.05) is 13.2 Å². The van der Waals surface area contributed by atoms with Crippen LogP contribution in [0.3, 0.4) is 0 Å². The lowest BCUT2D eigenvalue weighted by Crippen LogP contribution is -2.67. The summed E-state index contributed by atoms with van der Waals surface area (Å²) < 4.78 is 71.0. The van der Waals surface area contributed by atoms with E-state index in [0.29, 0.717) is 44.9 Å². The van der Waals surface area contributed by atoms with Crippen LogP contribution in [0.2, 0.25) is 0 Å². The summed E-state index contributed by atoms with van der Waals surface area (Å²) in [6, 6.07) is 0. The number of carbonyl (C=O) groups is 1. The van der Waals surface area contributed by atoms with E-state index in [2.05, 4.69) is 0 Å². The Labute approximate surface area is 462 Å². The average molecular weight is 1170 g/mol. The predicted octanol–water partition coefficient (Wildman–Crippen LogP) is -6.23. The highest BCUT2D eigenvalue weighted by Crippen LogP contribution is 2.37. The first-order valence-electron chi connectivity index (χ1n) is 27.6. The lowest BCUT2D eigenvalue weighted by atomic mass is 9.96. The van der Waals surface area contributed by atoms with E-state index in [1.807, 2.05) is 6.92 Å². The predicted molar refractivity (Wildman–Crippen MR) is 262 cm³/mol. The molecule has 30 heteroatoms. The van der Waals surface area contributed by atoms with Gasteiger partial charge >= 0.3 is 5.97 Å². The molecule has 6 aliphatic heterocycles.